The maximum absolute atomic E-state index is 12.5. The number of aromatic nitrogens is 3. The third-order valence-corrected chi connectivity index (χ3v) is 4.62. The fraction of sp³-hybridized carbons (Fsp3) is 0.318. The van der Waals surface area contributed by atoms with Gasteiger partial charge in [-0.15, -0.1) is 5.10 Å². The summed E-state index contributed by atoms with van der Waals surface area (Å²) in [6.07, 6.45) is 0.728. The van der Waals surface area contributed by atoms with Crippen LogP contribution in [0.15, 0.2) is 48.5 Å². The van der Waals surface area contributed by atoms with Gasteiger partial charge in [0.2, 0.25) is 5.82 Å². The fourth-order valence-electron chi connectivity index (χ4n) is 3.07. The first-order valence-corrected chi connectivity index (χ1v) is 9.43. The van der Waals surface area contributed by atoms with E-state index >= 15 is 0 Å². The number of benzene rings is 2. The highest BCUT2D eigenvalue weighted by Gasteiger charge is 2.17. The number of nitrogens with zero attached hydrogens (tertiary/aromatic N) is 3. The van der Waals surface area contributed by atoms with Crippen molar-refractivity contribution in [3.05, 3.63) is 71.3 Å². The molecule has 2 aromatic carbocycles. The van der Waals surface area contributed by atoms with Gasteiger partial charge in [-0.05, 0) is 48.6 Å². The van der Waals surface area contributed by atoms with Crippen molar-refractivity contribution in [3.8, 4) is 11.4 Å². The minimum Gasteiger partial charge on any atom is -0.497 e. The molecular formula is C22H26N4O2. The number of nitrogens with one attached hydrogen (secondary N) is 1. The summed E-state index contributed by atoms with van der Waals surface area (Å²) in [7, 11) is 1.64. The number of carbonyl (C=O) groups is 1. The summed E-state index contributed by atoms with van der Waals surface area (Å²) >= 11 is 0. The van der Waals surface area contributed by atoms with Crippen LogP contribution in [0.5, 0.6) is 5.75 Å². The van der Waals surface area contributed by atoms with E-state index in [2.05, 4.69) is 35.3 Å². The summed E-state index contributed by atoms with van der Waals surface area (Å²) in [6, 6.07) is 15.9. The van der Waals surface area contributed by atoms with Gasteiger partial charge in [0.25, 0.3) is 5.91 Å². The number of rotatable bonds is 7. The molecule has 6 nitrogen and oxygen atoms in total. The summed E-state index contributed by atoms with van der Waals surface area (Å²) in [6.45, 7) is 6.65. The molecule has 146 valence electrons. The smallest absolute Gasteiger partial charge is 0.290 e. The maximum Gasteiger partial charge on any atom is 0.290 e. The van der Waals surface area contributed by atoms with Gasteiger partial charge in [-0.3, -0.25) is 4.79 Å². The van der Waals surface area contributed by atoms with Crippen molar-refractivity contribution in [2.45, 2.75) is 33.1 Å². The van der Waals surface area contributed by atoms with Crippen LogP contribution in [0.1, 0.15) is 47.3 Å². The van der Waals surface area contributed by atoms with Gasteiger partial charge >= 0.3 is 0 Å². The molecule has 0 spiro atoms. The van der Waals surface area contributed by atoms with Crippen molar-refractivity contribution >= 4 is 5.91 Å². The third-order valence-electron chi connectivity index (χ3n) is 4.62. The molecule has 28 heavy (non-hydrogen) atoms. The van der Waals surface area contributed by atoms with E-state index in [-0.39, 0.29) is 11.7 Å². The number of para-hydroxylation sites is 1. The van der Waals surface area contributed by atoms with Crippen LogP contribution >= 0.6 is 0 Å². The zero-order valence-electron chi connectivity index (χ0n) is 16.8. The van der Waals surface area contributed by atoms with Gasteiger partial charge in [0.1, 0.15) is 11.6 Å². The van der Waals surface area contributed by atoms with E-state index < -0.39 is 0 Å². The highest BCUT2D eigenvalue weighted by atomic mass is 16.5. The van der Waals surface area contributed by atoms with Crippen LogP contribution in [-0.4, -0.2) is 34.3 Å². The average molecular weight is 378 g/mol. The van der Waals surface area contributed by atoms with Crippen molar-refractivity contribution in [1.82, 2.24) is 20.1 Å². The summed E-state index contributed by atoms with van der Waals surface area (Å²) in [4.78, 5) is 16.8. The first-order chi connectivity index (χ1) is 13.5. The third kappa shape index (κ3) is 4.39. The molecule has 1 heterocycles. The molecule has 0 atom stereocenters. The topological polar surface area (TPSA) is 69.0 Å². The molecule has 6 heteroatoms. The largest absolute Gasteiger partial charge is 0.497 e. The first-order valence-electron chi connectivity index (χ1n) is 9.43. The number of aryl methyl sites for hydroxylation is 1. The number of amides is 1. The Bertz CT molecular complexity index is 945. The monoisotopic (exact) mass is 378 g/mol. The fourth-order valence-corrected chi connectivity index (χ4v) is 3.07. The molecule has 0 saturated heterocycles. The van der Waals surface area contributed by atoms with Crippen molar-refractivity contribution in [1.29, 1.82) is 0 Å². The molecule has 1 N–H and O–H groups in total. The zero-order valence-corrected chi connectivity index (χ0v) is 16.8. The summed E-state index contributed by atoms with van der Waals surface area (Å²) in [5, 5.41) is 7.35. The quantitative estimate of drug-likeness (QED) is 0.681. The molecule has 3 aromatic rings. The summed E-state index contributed by atoms with van der Waals surface area (Å²) in [5.41, 5.74) is 3.25. The molecule has 0 unspecified atom stereocenters. The first kappa shape index (κ1) is 19.6. The van der Waals surface area contributed by atoms with Crippen LogP contribution in [0.2, 0.25) is 0 Å². The van der Waals surface area contributed by atoms with Gasteiger partial charge in [-0.25, -0.2) is 9.67 Å². The highest BCUT2D eigenvalue weighted by Crippen LogP contribution is 2.23. The zero-order chi connectivity index (χ0) is 20.1. The minimum atomic E-state index is -0.266. The van der Waals surface area contributed by atoms with Crippen LogP contribution in [0, 0.1) is 6.92 Å². The van der Waals surface area contributed by atoms with Crippen molar-refractivity contribution in [3.63, 3.8) is 0 Å². The van der Waals surface area contributed by atoms with Gasteiger partial charge in [0.05, 0.1) is 12.8 Å². The molecule has 0 saturated carbocycles. The Kier molecular flexibility index (Phi) is 6.09. The van der Waals surface area contributed by atoms with Gasteiger partial charge < -0.3 is 10.1 Å². The van der Waals surface area contributed by atoms with Crippen LogP contribution in [0.25, 0.3) is 5.69 Å². The number of carbonyl (C=O) groups excluding carboxylic acids is 1. The van der Waals surface area contributed by atoms with E-state index in [9.17, 15) is 4.79 Å². The second-order valence-corrected chi connectivity index (χ2v) is 6.96. The number of hydrogen-bond acceptors (Lipinski definition) is 4. The number of methoxy groups -OCH3 is 1. The molecule has 0 aliphatic heterocycles. The Hall–Kier alpha value is -3.15. The average Bonchev–Trinajstić information content (AvgIpc) is 3.10. The molecule has 3 rings (SSSR count). The van der Waals surface area contributed by atoms with E-state index in [0.29, 0.717) is 18.3 Å². The van der Waals surface area contributed by atoms with E-state index in [4.69, 9.17) is 4.74 Å². The number of hydrogen-bond donors (Lipinski definition) is 1. The van der Waals surface area contributed by atoms with Crippen molar-refractivity contribution in [2.75, 3.05) is 13.7 Å². The molecular weight excluding hydrogens is 352 g/mol. The van der Waals surface area contributed by atoms with Crippen molar-refractivity contribution < 1.29 is 9.53 Å². The Labute approximate surface area is 165 Å². The molecule has 0 aliphatic rings. The Balaban J connectivity index is 1.67. The van der Waals surface area contributed by atoms with Crippen LogP contribution < -0.4 is 10.1 Å². The second-order valence-electron chi connectivity index (χ2n) is 6.96. The highest BCUT2D eigenvalue weighted by molar-refractivity contribution is 5.90. The van der Waals surface area contributed by atoms with Crippen LogP contribution in [-0.2, 0) is 6.42 Å². The molecule has 1 aromatic heterocycles. The van der Waals surface area contributed by atoms with E-state index in [1.165, 1.54) is 5.56 Å². The Morgan fingerprint density at radius 2 is 1.86 bits per heavy atom. The lowest BCUT2D eigenvalue weighted by Gasteiger charge is -2.12. The molecule has 0 bridgehead atoms. The minimum absolute atomic E-state index is 0.186. The number of ether oxygens (including phenoxy) is 1. The predicted molar refractivity (Wildman–Crippen MR) is 109 cm³/mol. The van der Waals surface area contributed by atoms with Gasteiger partial charge in [0.15, 0.2) is 0 Å². The van der Waals surface area contributed by atoms with Gasteiger partial charge in [-0.1, -0.05) is 44.2 Å². The Morgan fingerprint density at radius 1 is 1.14 bits per heavy atom. The maximum atomic E-state index is 12.5. The van der Waals surface area contributed by atoms with E-state index in [1.54, 1.807) is 11.8 Å². The predicted octanol–water partition coefficient (Wildman–Crippen LogP) is 3.68. The van der Waals surface area contributed by atoms with Crippen LogP contribution in [0.4, 0.5) is 0 Å². The lowest BCUT2D eigenvalue weighted by Crippen LogP contribution is -2.27. The SMILES string of the molecule is COc1ccc(CCNC(=O)c2nc(C)n(-c3ccccc3C(C)C)n2)cc1. The molecule has 0 aliphatic carbocycles. The molecule has 0 fully saturated rings. The summed E-state index contributed by atoms with van der Waals surface area (Å²) in [5.74, 6) is 1.78. The van der Waals surface area contributed by atoms with Crippen LogP contribution in [0.3, 0.4) is 0 Å². The van der Waals surface area contributed by atoms with Crippen molar-refractivity contribution in [2.24, 2.45) is 0 Å². The van der Waals surface area contributed by atoms with Gasteiger partial charge in [-0.2, -0.15) is 0 Å². The van der Waals surface area contributed by atoms with Gasteiger partial charge in [0, 0.05) is 6.54 Å². The molecule has 1 amide bonds. The lowest BCUT2D eigenvalue weighted by molar-refractivity contribution is 0.0944. The Morgan fingerprint density at radius 3 is 2.54 bits per heavy atom. The second kappa shape index (κ2) is 8.69. The standard InChI is InChI=1S/C22H26N4O2/c1-15(2)19-7-5-6-8-20(19)26-16(3)24-21(25-26)22(27)23-14-13-17-9-11-18(28-4)12-10-17/h5-12,15H,13-14H2,1-4H3,(H,23,27). The summed E-state index contributed by atoms with van der Waals surface area (Å²) < 4.78 is 6.90. The van der Waals surface area contributed by atoms with E-state index in [1.807, 2.05) is 49.4 Å². The van der Waals surface area contributed by atoms with E-state index in [0.717, 1.165) is 23.4 Å². The molecule has 0 radical (unpaired) electrons. The normalized spacial score (nSPS) is 10.9. The lowest BCUT2D eigenvalue weighted by atomic mass is 10.0.